The van der Waals surface area contributed by atoms with Crippen LogP contribution in [0.25, 0.3) is 10.9 Å². The zero-order valence-corrected chi connectivity index (χ0v) is 14.7. The Morgan fingerprint density at radius 3 is 2.76 bits per heavy atom. The molecule has 1 aromatic carbocycles. The summed E-state index contributed by atoms with van der Waals surface area (Å²) in [7, 11) is 3.32. The molecule has 6 nitrogen and oxygen atoms in total. The summed E-state index contributed by atoms with van der Waals surface area (Å²) in [4.78, 5) is 4.54. The van der Waals surface area contributed by atoms with Gasteiger partial charge in [-0.15, -0.1) is 0 Å². The van der Waals surface area contributed by atoms with E-state index in [1.165, 1.54) is 12.8 Å². The maximum Gasteiger partial charge on any atom is 0.137 e. The monoisotopic (exact) mass is 338 g/mol. The van der Waals surface area contributed by atoms with Crippen molar-refractivity contribution in [2.75, 3.05) is 19.5 Å². The van der Waals surface area contributed by atoms with Crippen LogP contribution >= 0.6 is 0 Å². The molecule has 2 aromatic heterocycles. The van der Waals surface area contributed by atoms with Gasteiger partial charge in [-0.3, -0.25) is 4.68 Å². The van der Waals surface area contributed by atoms with Crippen molar-refractivity contribution >= 4 is 16.7 Å². The quantitative estimate of drug-likeness (QED) is 0.742. The van der Waals surface area contributed by atoms with Crippen molar-refractivity contribution in [3.63, 3.8) is 0 Å². The van der Waals surface area contributed by atoms with Gasteiger partial charge in [-0.25, -0.2) is 4.98 Å². The molecule has 130 valence electrons. The Morgan fingerprint density at radius 2 is 2.04 bits per heavy atom. The number of pyridine rings is 1. The second kappa shape index (κ2) is 6.27. The molecule has 1 N–H and O–H groups in total. The van der Waals surface area contributed by atoms with E-state index in [4.69, 9.17) is 14.6 Å². The lowest BCUT2D eigenvalue weighted by molar-refractivity contribution is 0.391. The van der Waals surface area contributed by atoms with Crippen molar-refractivity contribution in [1.82, 2.24) is 14.8 Å². The van der Waals surface area contributed by atoms with E-state index in [1.807, 2.05) is 37.4 Å². The highest BCUT2D eigenvalue weighted by Gasteiger charge is 2.27. The summed E-state index contributed by atoms with van der Waals surface area (Å²) in [6.07, 6.45) is 4.27. The summed E-state index contributed by atoms with van der Waals surface area (Å²) in [5, 5.41) is 9.26. The molecule has 4 rings (SSSR count). The molecule has 0 radical (unpaired) electrons. The van der Waals surface area contributed by atoms with E-state index < -0.39 is 0 Å². The number of methoxy groups -OCH3 is 2. The number of nitrogens with one attached hydrogen (secondary N) is 1. The van der Waals surface area contributed by atoms with Gasteiger partial charge in [0.05, 0.1) is 36.9 Å². The molecular weight excluding hydrogens is 316 g/mol. The first kappa shape index (κ1) is 15.7. The highest BCUT2D eigenvalue weighted by molar-refractivity contribution is 5.91. The van der Waals surface area contributed by atoms with E-state index in [0.29, 0.717) is 12.6 Å². The largest absolute Gasteiger partial charge is 0.497 e. The Labute approximate surface area is 146 Å². The molecule has 1 saturated carbocycles. The van der Waals surface area contributed by atoms with Crippen molar-refractivity contribution in [3.05, 3.63) is 41.7 Å². The summed E-state index contributed by atoms with van der Waals surface area (Å²) < 4.78 is 12.9. The van der Waals surface area contributed by atoms with Gasteiger partial charge in [-0.05, 0) is 38.0 Å². The van der Waals surface area contributed by atoms with Crippen molar-refractivity contribution in [2.24, 2.45) is 0 Å². The molecule has 0 bridgehead atoms. The highest BCUT2D eigenvalue weighted by atomic mass is 16.5. The zero-order chi connectivity index (χ0) is 17.4. The van der Waals surface area contributed by atoms with Gasteiger partial charge in [0.2, 0.25) is 0 Å². The molecule has 0 unspecified atom stereocenters. The van der Waals surface area contributed by atoms with Crippen LogP contribution in [0.4, 0.5) is 5.82 Å². The Morgan fingerprint density at radius 1 is 1.20 bits per heavy atom. The van der Waals surface area contributed by atoms with Gasteiger partial charge in [0.25, 0.3) is 0 Å². The van der Waals surface area contributed by atoms with Crippen molar-refractivity contribution in [1.29, 1.82) is 0 Å². The average molecular weight is 338 g/mol. The van der Waals surface area contributed by atoms with Crippen LogP contribution in [0.3, 0.4) is 0 Å². The van der Waals surface area contributed by atoms with Crippen LogP contribution in [0.5, 0.6) is 11.5 Å². The standard InChI is InChI=1S/C19H22N4O2/c1-12-18-16(23(22-12)14-5-6-14)8-9-20-19(18)21-11-13-4-7-15(24-2)10-17(13)25-3/h4,7-10,14H,5-6,11H2,1-3H3,(H,20,21). The number of aryl methyl sites for hydroxylation is 1. The van der Waals surface area contributed by atoms with E-state index in [9.17, 15) is 0 Å². The number of fused-ring (bicyclic) bond motifs is 1. The maximum absolute atomic E-state index is 5.47. The molecular formula is C19H22N4O2. The average Bonchev–Trinajstić information content (AvgIpc) is 3.43. The smallest absolute Gasteiger partial charge is 0.137 e. The molecule has 1 aliphatic carbocycles. The maximum atomic E-state index is 5.47. The fourth-order valence-corrected chi connectivity index (χ4v) is 3.17. The molecule has 0 saturated heterocycles. The SMILES string of the molecule is COc1ccc(CNc2nccc3c2c(C)nn3C2CC2)c(OC)c1. The van der Waals surface area contributed by atoms with Gasteiger partial charge in [-0.2, -0.15) is 5.10 Å². The summed E-state index contributed by atoms with van der Waals surface area (Å²) in [5.74, 6) is 2.44. The molecule has 0 amide bonds. The first-order chi connectivity index (χ1) is 12.2. The number of nitrogens with zero attached hydrogens (tertiary/aromatic N) is 3. The topological polar surface area (TPSA) is 61.2 Å². The van der Waals surface area contributed by atoms with Crippen LogP contribution < -0.4 is 14.8 Å². The first-order valence-corrected chi connectivity index (χ1v) is 8.50. The predicted molar refractivity (Wildman–Crippen MR) is 97.4 cm³/mol. The lowest BCUT2D eigenvalue weighted by Gasteiger charge is -2.12. The minimum atomic E-state index is 0.549. The lowest BCUT2D eigenvalue weighted by Crippen LogP contribution is -2.04. The molecule has 6 heteroatoms. The molecule has 3 aromatic rings. The zero-order valence-electron chi connectivity index (χ0n) is 14.7. The number of hydrogen-bond acceptors (Lipinski definition) is 5. The number of rotatable bonds is 6. The number of hydrogen-bond donors (Lipinski definition) is 1. The van der Waals surface area contributed by atoms with Gasteiger partial charge in [0, 0.05) is 24.4 Å². The van der Waals surface area contributed by atoms with E-state index in [1.54, 1.807) is 14.2 Å². The molecule has 0 aliphatic heterocycles. The van der Waals surface area contributed by atoms with E-state index in [-0.39, 0.29) is 0 Å². The Balaban J connectivity index is 1.63. The number of anilines is 1. The number of benzene rings is 1. The predicted octanol–water partition coefficient (Wildman–Crippen LogP) is 3.70. The van der Waals surface area contributed by atoms with Crippen molar-refractivity contribution in [2.45, 2.75) is 32.4 Å². The van der Waals surface area contributed by atoms with Gasteiger partial charge < -0.3 is 14.8 Å². The number of aromatic nitrogens is 3. The van der Waals surface area contributed by atoms with E-state index >= 15 is 0 Å². The Kier molecular flexibility index (Phi) is 3.95. The minimum absolute atomic E-state index is 0.549. The first-order valence-electron chi connectivity index (χ1n) is 8.50. The van der Waals surface area contributed by atoms with E-state index in [0.717, 1.165) is 39.5 Å². The van der Waals surface area contributed by atoms with Gasteiger partial charge in [0.15, 0.2) is 0 Å². The van der Waals surface area contributed by atoms with Gasteiger partial charge in [-0.1, -0.05) is 0 Å². The fourth-order valence-electron chi connectivity index (χ4n) is 3.17. The van der Waals surface area contributed by atoms with Crippen LogP contribution in [0.1, 0.15) is 30.1 Å². The van der Waals surface area contributed by atoms with E-state index in [2.05, 4.69) is 15.0 Å². The summed E-state index contributed by atoms with van der Waals surface area (Å²) in [6.45, 7) is 2.66. The van der Waals surface area contributed by atoms with Crippen LogP contribution in [-0.2, 0) is 6.54 Å². The molecule has 1 fully saturated rings. The summed E-state index contributed by atoms with van der Waals surface area (Å²) >= 11 is 0. The van der Waals surface area contributed by atoms with Crippen LogP contribution in [-0.4, -0.2) is 29.0 Å². The Hall–Kier alpha value is -2.76. The van der Waals surface area contributed by atoms with Crippen LogP contribution in [0.15, 0.2) is 30.5 Å². The summed E-state index contributed by atoms with van der Waals surface area (Å²) in [6, 6.07) is 8.43. The molecule has 2 heterocycles. The summed E-state index contributed by atoms with van der Waals surface area (Å²) in [5.41, 5.74) is 3.22. The molecule has 1 aliphatic rings. The van der Waals surface area contributed by atoms with Crippen LogP contribution in [0.2, 0.25) is 0 Å². The van der Waals surface area contributed by atoms with Crippen LogP contribution in [0, 0.1) is 6.92 Å². The van der Waals surface area contributed by atoms with Crippen molar-refractivity contribution < 1.29 is 9.47 Å². The van der Waals surface area contributed by atoms with Crippen molar-refractivity contribution in [3.8, 4) is 11.5 Å². The lowest BCUT2D eigenvalue weighted by atomic mass is 10.2. The van der Waals surface area contributed by atoms with Gasteiger partial charge >= 0.3 is 0 Å². The third kappa shape index (κ3) is 2.88. The molecule has 0 atom stereocenters. The second-order valence-electron chi connectivity index (χ2n) is 6.35. The highest BCUT2D eigenvalue weighted by Crippen LogP contribution is 2.38. The molecule has 0 spiro atoms. The number of ether oxygens (including phenoxy) is 2. The normalized spacial score (nSPS) is 13.9. The third-order valence-corrected chi connectivity index (χ3v) is 4.63. The minimum Gasteiger partial charge on any atom is -0.497 e. The fraction of sp³-hybridized carbons (Fsp3) is 0.368. The molecule has 25 heavy (non-hydrogen) atoms. The second-order valence-corrected chi connectivity index (χ2v) is 6.35. The van der Waals surface area contributed by atoms with Gasteiger partial charge in [0.1, 0.15) is 17.3 Å². The third-order valence-electron chi connectivity index (χ3n) is 4.63. The Bertz CT molecular complexity index is 915.